The van der Waals surface area contributed by atoms with Crippen molar-refractivity contribution < 1.29 is 18.7 Å². The molecule has 8 heteroatoms. The summed E-state index contributed by atoms with van der Waals surface area (Å²) in [5, 5.41) is 8.99. The van der Waals surface area contributed by atoms with E-state index in [2.05, 4.69) is 10.4 Å². The maximum atomic E-state index is 12.7. The van der Waals surface area contributed by atoms with Crippen molar-refractivity contribution >= 4 is 28.3 Å². The summed E-state index contributed by atoms with van der Waals surface area (Å²) in [6, 6.07) is 17.1. The molecule has 0 radical (unpaired) electrons. The summed E-state index contributed by atoms with van der Waals surface area (Å²) in [4.78, 5) is 26.7. The summed E-state index contributed by atoms with van der Waals surface area (Å²) in [6.45, 7) is 2.56. The van der Waals surface area contributed by atoms with Crippen molar-refractivity contribution in [1.82, 2.24) is 14.7 Å². The van der Waals surface area contributed by atoms with Crippen molar-refractivity contribution in [2.75, 3.05) is 19.4 Å². The van der Waals surface area contributed by atoms with Crippen LogP contribution in [0.5, 0.6) is 5.75 Å². The number of aryl methyl sites for hydroxylation is 1. The molecule has 8 nitrogen and oxygen atoms in total. The molecule has 0 saturated heterocycles. The molecule has 2 aromatic heterocycles. The maximum absolute atomic E-state index is 12.7. The number of fused-ring (bicyclic) bond motifs is 1. The van der Waals surface area contributed by atoms with E-state index in [4.69, 9.17) is 9.15 Å². The summed E-state index contributed by atoms with van der Waals surface area (Å²) in [6.07, 6.45) is 1.46. The van der Waals surface area contributed by atoms with Gasteiger partial charge in [-0.25, -0.2) is 0 Å². The van der Waals surface area contributed by atoms with Crippen molar-refractivity contribution in [2.45, 2.75) is 20.1 Å². The molecule has 1 N–H and O–H groups in total. The van der Waals surface area contributed by atoms with Gasteiger partial charge in [-0.2, -0.15) is 5.10 Å². The normalized spacial score (nSPS) is 10.8. The van der Waals surface area contributed by atoms with Crippen LogP contribution in [-0.4, -0.2) is 40.6 Å². The van der Waals surface area contributed by atoms with Crippen LogP contribution in [0.25, 0.3) is 10.8 Å². The van der Waals surface area contributed by atoms with Gasteiger partial charge in [0.15, 0.2) is 5.76 Å². The molecule has 0 fully saturated rings. The number of hydrogen-bond acceptors (Lipinski definition) is 5. The third-order valence-electron chi connectivity index (χ3n) is 5.00. The predicted octanol–water partition coefficient (Wildman–Crippen LogP) is 4.18. The van der Waals surface area contributed by atoms with Crippen LogP contribution in [0, 0.1) is 0 Å². The maximum Gasteiger partial charge on any atom is 0.291 e. The van der Waals surface area contributed by atoms with Gasteiger partial charge >= 0.3 is 0 Å². The lowest BCUT2D eigenvalue weighted by Gasteiger charge is -2.13. The monoisotopic (exact) mass is 432 g/mol. The lowest BCUT2D eigenvalue weighted by molar-refractivity contribution is 0.0816. The lowest BCUT2D eigenvalue weighted by Crippen LogP contribution is -2.26. The number of carbonyl (C=O) groups is 2. The largest absolute Gasteiger partial charge is 0.485 e. The number of benzene rings is 2. The standard InChI is InChI=1S/C24H24N4O4/c1-4-28-22(24(30)27(2)3)19(14-25-28)26-23(29)21-13-12-17(32-21)15-31-20-11-7-9-16-8-5-6-10-18(16)20/h5-14H,4,15H2,1-3H3,(H,26,29). The summed E-state index contributed by atoms with van der Waals surface area (Å²) >= 11 is 0. The number of nitrogens with one attached hydrogen (secondary N) is 1. The van der Waals surface area contributed by atoms with Gasteiger partial charge in [0, 0.05) is 26.0 Å². The van der Waals surface area contributed by atoms with Crippen molar-refractivity contribution in [3.63, 3.8) is 0 Å². The van der Waals surface area contributed by atoms with Crippen LogP contribution < -0.4 is 10.1 Å². The first-order valence-electron chi connectivity index (χ1n) is 10.3. The average molecular weight is 432 g/mol. The Hall–Kier alpha value is -4.07. The predicted molar refractivity (Wildman–Crippen MR) is 121 cm³/mol. The molecule has 0 aliphatic rings. The second-order valence-electron chi connectivity index (χ2n) is 7.41. The van der Waals surface area contributed by atoms with Crippen LogP contribution in [0.4, 0.5) is 5.69 Å². The lowest BCUT2D eigenvalue weighted by atomic mass is 10.1. The van der Waals surface area contributed by atoms with E-state index in [1.165, 1.54) is 11.1 Å². The van der Waals surface area contributed by atoms with Crippen LogP contribution in [0.1, 0.15) is 33.7 Å². The van der Waals surface area contributed by atoms with Gasteiger partial charge in [0.2, 0.25) is 0 Å². The van der Waals surface area contributed by atoms with E-state index in [-0.39, 0.29) is 18.3 Å². The minimum absolute atomic E-state index is 0.119. The van der Waals surface area contributed by atoms with Crippen molar-refractivity contribution in [2.24, 2.45) is 0 Å². The quantitative estimate of drug-likeness (QED) is 0.473. The molecule has 4 rings (SSSR count). The first-order valence-corrected chi connectivity index (χ1v) is 10.3. The first-order chi connectivity index (χ1) is 15.5. The van der Waals surface area contributed by atoms with Crippen LogP contribution in [0.15, 0.2) is 65.2 Å². The minimum Gasteiger partial charge on any atom is -0.485 e. The minimum atomic E-state index is -0.468. The third kappa shape index (κ3) is 4.20. The molecule has 0 atom stereocenters. The van der Waals surface area contributed by atoms with Crippen LogP contribution >= 0.6 is 0 Å². The zero-order valence-electron chi connectivity index (χ0n) is 18.2. The van der Waals surface area contributed by atoms with Gasteiger partial charge in [0.1, 0.15) is 23.8 Å². The molecule has 2 aromatic carbocycles. The fourth-order valence-corrected chi connectivity index (χ4v) is 3.39. The van der Waals surface area contributed by atoms with Gasteiger partial charge in [-0.1, -0.05) is 36.4 Å². The van der Waals surface area contributed by atoms with E-state index in [1.54, 1.807) is 30.9 Å². The fourth-order valence-electron chi connectivity index (χ4n) is 3.39. The molecule has 32 heavy (non-hydrogen) atoms. The van der Waals surface area contributed by atoms with Crippen LogP contribution in [0.3, 0.4) is 0 Å². The highest BCUT2D eigenvalue weighted by Gasteiger charge is 2.22. The molecule has 0 unspecified atom stereocenters. The molecule has 0 aliphatic carbocycles. The third-order valence-corrected chi connectivity index (χ3v) is 5.00. The average Bonchev–Trinajstić information content (AvgIpc) is 3.44. The smallest absolute Gasteiger partial charge is 0.291 e. The topological polar surface area (TPSA) is 89.6 Å². The van der Waals surface area contributed by atoms with Gasteiger partial charge in [-0.05, 0) is 30.5 Å². The number of aromatic nitrogens is 2. The number of rotatable bonds is 7. The molecule has 0 saturated carbocycles. The number of nitrogens with zero attached hydrogens (tertiary/aromatic N) is 3. The Morgan fingerprint density at radius 1 is 1.09 bits per heavy atom. The summed E-state index contributed by atoms with van der Waals surface area (Å²) in [7, 11) is 3.30. The van der Waals surface area contributed by atoms with Gasteiger partial charge in [-0.3, -0.25) is 14.3 Å². The first kappa shape index (κ1) is 21.2. The number of amides is 2. The molecule has 0 aliphatic heterocycles. The molecule has 164 valence electrons. The van der Waals surface area contributed by atoms with E-state index in [9.17, 15) is 9.59 Å². The highest BCUT2D eigenvalue weighted by atomic mass is 16.5. The molecular weight excluding hydrogens is 408 g/mol. The summed E-state index contributed by atoms with van der Waals surface area (Å²) in [5.41, 5.74) is 0.650. The van der Waals surface area contributed by atoms with Gasteiger partial charge in [0.25, 0.3) is 11.8 Å². The Morgan fingerprint density at radius 2 is 1.88 bits per heavy atom. The van der Waals surface area contributed by atoms with Crippen molar-refractivity contribution in [3.8, 4) is 5.75 Å². The second-order valence-corrected chi connectivity index (χ2v) is 7.41. The molecular formula is C24H24N4O4. The summed E-state index contributed by atoms with van der Waals surface area (Å²) in [5.74, 6) is 0.656. The van der Waals surface area contributed by atoms with Crippen molar-refractivity contribution in [1.29, 1.82) is 0 Å². The van der Waals surface area contributed by atoms with Crippen LogP contribution in [-0.2, 0) is 13.2 Å². The Balaban J connectivity index is 1.47. The Kier molecular flexibility index (Phi) is 5.93. The van der Waals surface area contributed by atoms with E-state index in [1.807, 2.05) is 49.4 Å². The Labute approximate surface area is 185 Å². The van der Waals surface area contributed by atoms with Gasteiger partial charge in [-0.15, -0.1) is 0 Å². The number of ether oxygens (including phenoxy) is 1. The number of anilines is 1. The molecule has 0 bridgehead atoms. The van der Waals surface area contributed by atoms with Crippen molar-refractivity contribution in [3.05, 3.63) is 78.0 Å². The molecule has 4 aromatic rings. The number of hydrogen-bond donors (Lipinski definition) is 1. The van der Waals surface area contributed by atoms with E-state index < -0.39 is 5.91 Å². The van der Waals surface area contributed by atoms with Crippen LogP contribution in [0.2, 0.25) is 0 Å². The highest BCUT2D eigenvalue weighted by molar-refractivity contribution is 6.07. The highest BCUT2D eigenvalue weighted by Crippen LogP contribution is 2.26. The molecule has 2 heterocycles. The SMILES string of the molecule is CCn1ncc(NC(=O)c2ccc(COc3cccc4ccccc34)o2)c1C(=O)N(C)C. The molecule has 2 amide bonds. The zero-order valence-corrected chi connectivity index (χ0v) is 18.2. The van der Waals surface area contributed by atoms with E-state index >= 15 is 0 Å². The molecule has 0 spiro atoms. The van der Waals surface area contributed by atoms with Gasteiger partial charge in [0.05, 0.1) is 11.9 Å². The Morgan fingerprint density at radius 3 is 2.66 bits per heavy atom. The van der Waals surface area contributed by atoms with Gasteiger partial charge < -0.3 is 19.4 Å². The van der Waals surface area contributed by atoms with E-state index in [0.717, 1.165) is 16.5 Å². The zero-order chi connectivity index (χ0) is 22.7. The fraction of sp³-hybridized carbons (Fsp3) is 0.208. The second kappa shape index (κ2) is 8.97. The number of carbonyl (C=O) groups excluding carboxylic acids is 2. The summed E-state index contributed by atoms with van der Waals surface area (Å²) < 4.78 is 13.1. The Bertz CT molecular complexity index is 1270. The number of furan rings is 1. The van der Waals surface area contributed by atoms with E-state index in [0.29, 0.717) is 23.7 Å².